The zero-order chi connectivity index (χ0) is 24.1. The number of halogens is 1. The van der Waals surface area contributed by atoms with Crippen LogP contribution >= 0.6 is 0 Å². The number of nitrogens with one attached hydrogen (secondary N) is 2. The van der Waals surface area contributed by atoms with Gasteiger partial charge in [0.1, 0.15) is 11.9 Å². The monoisotopic (exact) mass is 469 g/mol. The quantitative estimate of drug-likeness (QED) is 0.672. The number of anilines is 1. The molecule has 4 rings (SSSR count). The number of amides is 3. The van der Waals surface area contributed by atoms with Crippen molar-refractivity contribution in [3.05, 3.63) is 59.7 Å². The van der Waals surface area contributed by atoms with E-state index in [-0.39, 0.29) is 37.2 Å². The molecule has 0 bridgehead atoms. The molecule has 2 fully saturated rings. The Morgan fingerprint density at radius 3 is 2.76 bits per heavy atom. The Labute approximate surface area is 197 Å². The van der Waals surface area contributed by atoms with Crippen LogP contribution in [0.3, 0.4) is 0 Å². The van der Waals surface area contributed by atoms with Gasteiger partial charge in [0.2, 0.25) is 11.8 Å². The van der Waals surface area contributed by atoms with Crippen LogP contribution in [0, 0.1) is 5.82 Å². The topological polar surface area (TPSA) is 104 Å². The summed E-state index contributed by atoms with van der Waals surface area (Å²) in [5, 5.41) is 4.23. The lowest BCUT2D eigenvalue weighted by Gasteiger charge is -2.21. The summed E-state index contributed by atoms with van der Waals surface area (Å²) in [4.78, 5) is 41.3. The molecule has 2 aliphatic heterocycles. The molecule has 3 amide bonds. The molecule has 9 nitrogen and oxygen atoms in total. The molecule has 0 radical (unpaired) electrons. The fourth-order valence-corrected chi connectivity index (χ4v) is 4.29. The molecule has 2 aliphatic rings. The summed E-state index contributed by atoms with van der Waals surface area (Å²) in [5.74, 6) is -0.694. The number of carbonyl (C=O) groups is 3. The second kappa shape index (κ2) is 10.6. The summed E-state index contributed by atoms with van der Waals surface area (Å²) in [7, 11) is 0. The van der Waals surface area contributed by atoms with Crippen LogP contribution in [0.15, 0.2) is 42.7 Å². The molecule has 2 saturated heterocycles. The van der Waals surface area contributed by atoms with E-state index in [9.17, 15) is 14.4 Å². The van der Waals surface area contributed by atoms with Crippen LogP contribution in [0.2, 0.25) is 0 Å². The van der Waals surface area contributed by atoms with Gasteiger partial charge in [-0.1, -0.05) is 6.07 Å². The van der Waals surface area contributed by atoms with Crippen molar-refractivity contribution in [1.29, 1.82) is 0 Å². The predicted octanol–water partition coefficient (Wildman–Crippen LogP) is 2.14. The van der Waals surface area contributed by atoms with Crippen LogP contribution in [0.25, 0.3) is 0 Å². The number of rotatable bonds is 6. The number of hydrogen-bond acceptors (Lipinski definition) is 6. The molecular formula is C24H28FN5O4. The number of ether oxygens (including phenoxy) is 1. The Kier molecular flexibility index (Phi) is 7.36. The number of cyclic esters (lactones) is 1. The molecule has 2 N–H and O–H groups in total. The summed E-state index contributed by atoms with van der Waals surface area (Å²) in [6.45, 7) is 2.86. The first-order valence-electron chi connectivity index (χ1n) is 11.4. The first-order valence-corrected chi connectivity index (χ1v) is 11.4. The second-order valence-electron chi connectivity index (χ2n) is 8.52. The van der Waals surface area contributed by atoms with Gasteiger partial charge in [0, 0.05) is 32.4 Å². The van der Waals surface area contributed by atoms with Crippen LogP contribution in [-0.4, -0.2) is 60.2 Å². The van der Waals surface area contributed by atoms with Crippen LogP contribution in [-0.2, 0) is 20.7 Å². The normalized spacial score (nSPS) is 20.6. The minimum absolute atomic E-state index is 0.0379. The first-order chi connectivity index (χ1) is 16.4. The molecule has 0 spiro atoms. The smallest absolute Gasteiger partial charge is 0.414 e. The van der Waals surface area contributed by atoms with Crippen LogP contribution in [0.5, 0.6) is 0 Å². The fourth-order valence-electron chi connectivity index (χ4n) is 4.29. The molecule has 2 atom stereocenters. The number of aromatic nitrogens is 1. The average Bonchev–Trinajstić information content (AvgIpc) is 3.02. The third kappa shape index (κ3) is 5.69. The number of benzene rings is 1. The van der Waals surface area contributed by atoms with E-state index in [0.717, 1.165) is 5.56 Å². The van der Waals surface area contributed by atoms with Crippen molar-refractivity contribution in [1.82, 2.24) is 20.7 Å². The Morgan fingerprint density at radius 1 is 1.24 bits per heavy atom. The van der Waals surface area contributed by atoms with Gasteiger partial charge in [0.25, 0.3) is 0 Å². The summed E-state index contributed by atoms with van der Waals surface area (Å²) in [6.07, 6.45) is 3.85. The van der Waals surface area contributed by atoms with Gasteiger partial charge in [-0.15, -0.1) is 0 Å². The highest BCUT2D eigenvalue weighted by Crippen LogP contribution is 2.31. The van der Waals surface area contributed by atoms with Crippen molar-refractivity contribution in [2.75, 3.05) is 31.1 Å². The largest absolute Gasteiger partial charge is 0.442 e. The molecule has 0 aliphatic carbocycles. The maximum Gasteiger partial charge on any atom is 0.414 e. The summed E-state index contributed by atoms with van der Waals surface area (Å²) in [5.41, 5.74) is 5.03. The lowest BCUT2D eigenvalue weighted by molar-refractivity contribution is -0.133. The molecule has 1 unspecified atom stereocenters. The minimum atomic E-state index is -0.565. The van der Waals surface area contributed by atoms with Crippen LogP contribution in [0.4, 0.5) is 14.9 Å². The third-order valence-corrected chi connectivity index (χ3v) is 6.09. The van der Waals surface area contributed by atoms with Gasteiger partial charge in [-0.3, -0.25) is 24.5 Å². The van der Waals surface area contributed by atoms with E-state index in [2.05, 4.69) is 15.7 Å². The predicted molar refractivity (Wildman–Crippen MR) is 122 cm³/mol. The fraction of sp³-hybridized carbons (Fsp3) is 0.417. The van der Waals surface area contributed by atoms with Crippen molar-refractivity contribution in [3.8, 4) is 0 Å². The highest BCUT2D eigenvalue weighted by Gasteiger charge is 2.33. The molecule has 2 aromatic rings. The van der Waals surface area contributed by atoms with Crippen LogP contribution < -0.4 is 15.6 Å². The third-order valence-electron chi connectivity index (χ3n) is 6.09. The maximum absolute atomic E-state index is 15.1. The minimum Gasteiger partial charge on any atom is -0.442 e. The van der Waals surface area contributed by atoms with E-state index in [1.54, 1.807) is 29.5 Å². The second-order valence-corrected chi connectivity index (χ2v) is 8.52. The van der Waals surface area contributed by atoms with Gasteiger partial charge < -0.3 is 10.1 Å². The highest BCUT2D eigenvalue weighted by molar-refractivity contribution is 5.89. The Bertz CT molecular complexity index is 1050. The Balaban J connectivity index is 1.37. The Morgan fingerprint density at radius 2 is 2.03 bits per heavy atom. The van der Waals surface area contributed by atoms with E-state index in [0.29, 0.717) is 37.2 Å². The van der Waals surface area contributed by atoms with Gasteiger partial charge in [-0.05, 0) is 54.2 Å². The number of hydrogen-bond donors (Lipinski definition) is 2. The van der Waals surface area contributed by atoms with Gasteiger partial charge in [0.15, 0.2) is 0 Å². The van der Waals surface area contributed by atoms with Crippen molar-refractivity contribution in [2.45, 2.75) is 38.2 Å². The van der Waals surface area contributed by atoms with Gasteiger partial charge in [0.05, 0.1) is 25.2 Å². The first kappa shape index (κ1) is 23.6. The van der Waals surface area contributed by atoms with E-state index < -0.39 is 18.0 Å². The zero-order valence-corrected chi connectivity index (χ0v) is 19.0. The molecular weight excluding hydrogens is 441 g/mol. The van der Waals surface area contributed by atoms with Crippen molar-refractivity contribution >= 4 is 23.6 Å². The van der Waals surface area contributed by atoms with Crippen LogP contribution in [0.1, 0.15) is 36.8 Å². The number of carbonyl (C=O) groups excluding carboxylic acids is 3. The zero-order valence-electron chi connectivity index (χ0n) is 19.0. The molecule has 1 aromatic heterocycles. The maximum atomic E-state index is 15.1. The van der Waals surface area contributed by atoms with E-state index in [4.69, 9.17) is 4.74 Å². The van der Waals surface area contributed by atoms with Crippen molar-refractivity contribution in [3.63, 3.8) is 0 Å². The molecule has 10 heteroatoms. The number of hydrazine groups is 1. The van der Waals surface area contributed by atoms with E-state index >= 15 is 4.39 Å². The van der Waals surface area contributed by atoms with E-state index in [1.165, 1.54) is 17.9 Å². The lowest BCUT2D eigenvalue weighted by atomic mass is 9.92. The summed E-state index contributed by atoms with van der Waals surface area (Å²) < 4.78 is 20.4. The molecule has 34 heavy (non-hydrogen) atoms. The van der Waals surface area contributed by atoms with Gasteiger partial charge in [-0.25, -0.2) is 14.6 Å². The number of pyridine rings is 1. The standard InChI is InChI=1S/C24H28FN5O4/c1-16(31)27-14-20-15-29(24(33)34-20)19-2-3-21(22(25)13-19)18-6-10-28-30(11-7-18)23(32)12-17-4-8-26-9-5-17/h2-5,8-9,13,18,20,28H,6-7,10-12,14-15H2,1H3,(H,27,31)/t18?,20-/m0/s1. The van der Waals surface area contributed by atoms with Crippen molar-refractivity contribution < 1.29 is 23.5 Å². The summed E-state index contributed by atoms with van der Waals surface area (Å²) in [6, 6.07) is 8.40. The SMILES string of the molecule is CC(=O)NC[C@H]1CN(c2ccc(C3CCNN(C(=O)Cc4ccncc4)CC3)c(F)c2)C(=O)O1. The highest BCUT2D eigenvalue weighted by atomic mass is 19.1. The van der Waals surface area contributed by atoms with Gasteiger partial charge in [-0.2, -0.15) is 0 Å². The number of nitrogens with zero attached hydrogens (tertiary/aromatic N) is 3. The van der Waals surface area contributed by atoms with Crippen molar-refractivity contribution in [2.24, 2.45) is 0 Å². The molecule has 1 aromatic carbocycles. The summed E-state index contributed by atoms with van der Waals surface area (Å²) >= 11 is 0. The Hall–Kier alpha value is -3.53. The lowest BCUT2D eigenvalue weighted by Crippen LogP contribution is -2.43. The van der Waals surface area contributed by atoms with E-state index in [1.807, 2.05) is 12.1 Å². The molecule has 3 heterocycles. The van der Waals surface area contributed by atoms with Gasteiger partial charge >= 0.3 is 6.09 Å². The molecule has 180 valence electrons. The molecule has 0 saturated carbocycles. The average molecular weight is 470 g/mol.